The van der Waals surface area contributed by atoms with Crippen LogP contribution in [-0.2, 0) is 9.59 Å². The number of rotatable bonds is 17. The van der Waals surface area contributed by atoms with Crippen LogP contribution >= 0.6 is 0 Å². The van der Waals surface area contributed by atoms with Gasteiger partial charge in [0.1, 0.15) is 0 Å². The van der Waals surface area contributed by atoms with Crippen molar-refractivity contribution >= 4 is 11.9 Å². The maximum atomic E-state index is 12.5. The van der Waals surface area contributed by atoms with Gasteiger partial charge in [-0.25, -0.2) is 0 Å². The van der Waals surface area contributed by atoms with Gasteiger partial charge in [-0.1, -0.05) is 79.1 Å². The lowest BCUT2D eigenvalue weighted by molar-refractivity contribution is -0.327. The van der Waals surface area contributed by atoms with Crippen molar-refractivity contribution in [2.45, 2.75) is 111 Å². The molecule has 0 saturated heterocycles. The lowest BCUT2D eigenvalue weighted by atomic mass is 9.59. The molecule has 154 valence electrons. The summed E-state index contributed by atoms with van der Waals surface area (Å²) in [6, 6.07) is 0. The third-order valence-corrected chi connectivity index (χ3v) is 6.11. The number of carboxylic acids is 2. The van der Waals surface area contributed by atoms with E-state index in [1.54, 1.807) is 0 Å². The highest BCUT2D eigenvalue weighted by Gasteiger charge is 2.44. The van der Waals surface area contributed by atoms with E-state index in [4.69, 9.17) is 0 Å². The summed E-state index contributed by atoms with van der Waals surface area (Å²) < 4.78 is 0. The van der Waals surface area contributed by atoms with Crippen LogP contribution in [0.1, 0.15) is 111 Å². The average molecular weight is 369 g/mol. The average Bonchev–Trinajstić information content (AvgIpc) is 2.60. The van der Waals surface area contributed by atoms with Crippen molar-refractivity contribution in [1.82, 2.24) is 0 Å². The number of carboxylic acid groups (broad SMARTS) is 2. The monoisotopic (exact) mass is 368 g/mol. The Balaban J connectivity index is 5.61. The van der Waals surface area contributed by atoms with Gasteiger partial charge in [0.2, 0.25) is 0 Å². The molecule has 4 nitrogen and oxygen atoms in total. The second kappa shape index (κ2) is 14.1. The van der Waals surface area contributed by atoms with E-state index in [0.29, 0.717) is 12.8 Å². The van der Waals surface area contributed by atoms with Gasteiger partial charge in [0, 0.05) is 17.4 Å². The standard InChI is InChI=1S/C22H42O4/c1-5-9-11-14-18(7-3)22(21(25)26,17-13-16-20(23)24)19(8-4)15-12-10-6-2/h18-19H,5-17H2,1-4H3,(H,23,24)(H,25,26)/p-2. The maximum absolute atomic E-state index is 12.5. The highest BCUT2D eigenvalue weighted by Crippen LogP contribution is 2.48. The second-order valence-corrected chi connectivity index (χ2v) is 7.76. The molecule has 0 rings (SSSR count). The first-order valence-corrected chi connectivity index (χ1v) is 10.8. The van der Waals surface area contributed by atoms with Gasteiger partial charge in [0.25, 0.3) is 0 Å². The Labute approximate surface area is 160 Å². The molecular weight excluding hydrogens is 328 g/mol. The summed E-state index contributed by atoms with van der Waals surface area (Å²) in [5, 5.41) is 23.4. The first-order chi connectivity index (χ1) is 12.4. The molecule has 0 heterocycles. The van der Waals surface area contributed by atoms with Gasteiger partial charge in [-0.05, 0) is 43.9 Å². The minimum Gasteiger partial charge on any atom is -0.550 e. The van der Waals surface area contributed by atoms with E-state index in [9.17, 15) is 19.8 Å². The predicted molar refractivity (Wildman–Crippen MR) is 102 cm³/mol. The van der Waals surface area contributed by atoms with Crippen LogP contribution in [0, 0.1) is 17.3 Å². The largest absolute Gasteiger partial charge is 0.550 e. The van der Waals surface area contributed by atoms with E-state index >= 15 is 0 Å². The Morgan fingerprint density at radius 3 is 1.54 bits per heavy atom. The van der Waals surface area contributed by atoms with Crippen molar-refractivity contribution in [2.75, 3.05) is 0 Å². The summed E-state index contributed by atoms with van der Waals surface area (Å²) in [4.78, 5) is 23.4. The fourth-order valence-electron chi connectivity index (χ4n) is 4.64. The van der Waals surface area contributed by atoms with Crippen molar-refractivity contribution in [3.63, 3.8) is 0 Å². The molecule has 0 fully saturated rings. The number of carbonyl (C=O) groups excluding carboxylic acids is 2. The van der Waals surface area contributed by atoms with E-state index < -0.39 is 17.4 Å². The van der Waals surface area contributed by atoms with Crippen molar-refractivity contribution in [2.24, 2.45) is 17.3 Å². The molecule has 26 heavy (non-hydrogen) atoms. The van der Waals surface area contributed by atoms with E-state index in [1.165, 1.54) is 0 Å². The molecule has 0 amide bonds. The zero-order valence-electron chi connectivity index (χ0n) is 17.5. The van der Waals surface area contributed by atoms with Gasteiger partial charge < -0.3 is 19.8 Å². The summed E-state index contributed by atoms with van der Waals surface area (Å²) in [5.74, 6) is -1.97. The lowest BCUT2D eigenvalue weighted by Gasteiger charge is -2.48. The number of carbonyl (C=O) groups is 2. The SMILES string of the molecule is CCCCCC(CC)C(CCCC(=O)[O-])(C(=O)[O-])C(CC)CCCCC. The topological polar surface area (TPSA) is 80.3 Å². The summed E-state index contributed by atoms with van der Waals surface area (Å²) in [6.07, 6.45) is 10.5. The zero-order valence-corrected chi connectivity index (χ0v) is 17.5. The van der Waals surface area contributed by atoms with Crippen LogP contribution in [0.4, 0.5) is 0 Å². The first-order valence-electron chi connectivity index (χ1n) is 10.8. The molecule has 0 saturated carbocycles. The van der Waals surface area contributed by atoms with Crippen molar-refractivity contribution < 1.29 is 19.8 Å². The molecule has 0 N–H and O–H groups in total. The van der Waals surface area contributed by atoms with Crippen molar-refractivity contribution in [3.05, 3.63) is 0 Å². The molecule has 0 aromatic heterocycles. The van der Waals surface area contributed by atoms with Crippen LogP contribution in [0.15, 0.2) is 0 Å². The number of hydrogen-bond acceptors (Lipinski definition) is 4. The third kappa shape index (κ3) is 7.67. The summed E-state index contributed by atoms with van der Waals surface area (Å²) in [5.41, 5.74) is -0.916. The summed E-state index contributed by atoms with van der Waals surface area (Å²) in [6.45, 7) is 8.41. The molecule has 2 atom stereocenters. The molecule has 0 radical (unpaired) electrons. The number of aliphatic carboxylic acids is 2. The molecule has 0 spiro atoms. The van der Waals surface area contributed by atoms with E-state index in [2.05, 4.69) is 27.7 Å². The third-order valence-electron chi connectivity index (χ3n) is 6.11. The summed E-state index contributed by atoms with van der Waals surface area (Å²) in [7, 11) is 0. The first kappa shape index (κ1) is 24.9. The van der Waals surface area contributed by atoms with Crippen LogP contribution < -0.4 is 10.2 Å². The van der Waals surface area contributed by atoms with Crippen LogP contribution in [0.5, 0.6) is 0 Å². The molecule has 4 heteroatoms. The van der Waals surface area contributed by atoms with Gasteiger partial charge in [0.05, 0.1) is 0 Å². The quantitative estimate of drug-likeness (QED) is 0.365. The summed E-state index contributed by atoms with van der Waals surface area (Å²) >= 11 is 0. The molecular formula is C22H40O4-2. The predicted octanol–water partition coefficient (Wildman–Crippen LogP) is 3.86. The van der Waals surface area contributed by atoms with Crippen molar-refractivity contribution in [3.8, 4) is 0 Å². The Bertz CT molecular complexity index is 374. The van der Waals surface area contributed by atoms with Crippen LogP contribution in [-0.4, -0.2) is 11.9 Å². The molecule has 0 aliphatic heterocycles. The molecule has 0 bridgehead atoms. The van der Waals surface area contributed by atoms with Crippen LogP contribution in [0.25, 0.3) is 0 Å². The van der Waals surface area contributed by atoms with E-state index in [-0.39, 0.29) is 18.3 Å². The maximum Gasteiger partial charge on any atom is 0.0481 e. The molecule has 0 aromatic carbocycles. The Kier molecular flexibility index (Phi) is 13.5. The lowest BCUT2D eigenvalue weighted by Crippen LogP contribution is -2.52. The van der Waals surface area contributed by atoms with Gasteiger partial charge in [-0.15, -0.1) is 0 Å². The number of hydrogen-bond donors (Lipinski definition) is 0. The van der Waals surface area contributed by atoms with Crippen LogP contribution in [0.3, 0.4) is 0 Å². The fourth-order valence-corrected chi connectivity index (χ4v) is 4.64. The molecule has 0 aliphatic rings. The highest BCUT2D eigenvalue weighted by atomic mass is 16.4. The smallest absolute Gasteiger partial charge is 0.0481 e. The molecule has 0 aromatic rings. The fraction of sp³-hybridized carbons (Fsp3) is 0.909. The van der Waals surface area contributed by atoms with Gasteiger partial charge in [-0.3, -0.25) is 0 Å². The molecule has 2 unspecified atom stereocenters. The minimum atomic E-state index is -1.10. The van der Waals surface area contributed by atoms with Gasteiger partial charge in [0.15, 0.2) is 0 Å². The Hall–Kier alpha value is -1.06. The van der Waals surface area contributed by atoms with Gasteiger partial charge in [-0.2, -0.15) is 0 Å². The van der Waals surface area contributed by atoms with Crippen molar-refractivity contribution in [1.29, 1.82) is 0 Å². The van der Waals surface area contributed by atoms with Gasteiger partial charge >= 0.3 is 0 Å². The normalized spacial score (nSPS) is 16.0. The van der Waals surface area contributed by atoms with E-state index in [0.717, 1.165) is 64.2 Å². The molecule has 0 aliphatic carbocycles. The highest BCUT2D eigenvalue weighted by molar-refractivity contribution is 5.73. The van der Waals surface area contributed by atoms with E-state index in [1.807, 2.05) is 0 Å². The number of unbranched alkanes of at least 4 members (excludes halogenated alkanes) is 4. The second-order valence-electron chi connectivity index (χ2n) is 7.76. The Morgan fingerprint density at radius 2 is 1.23 bits per heavy atom. The Morgan fingerprint density at radius 1 is 0.769 bits per heavy atom. The zero-order chi connectivity index (χ0) is 20.0. The minimum absolute atomic E-state index is 0.0485. The van der Waals surface area contributed by atoms with Crippen LogP contribution in [0.2, 0.25) is 0 Å².